The van der Waals surface area contributed by atoms with Crippen LogP contribution >= 0.6 is 11.3 Å². The van der Waals surface area contributed by atoms with Crippen molar-refractivity contribution in [1.82, 2.24) is 4.57 Å². The molecule has 4 aromatic rings. The van der Waals surface area contributed by atoms with Crippen LogP contribution in [-0.4, -0.2) is 29.9 Å². The van der Waals surface area contributed by atoms with Gasteiger partial charge in [-0.2, -0.15) is 5.26 Å². The zero-order valence-corrected chi connectivity index (χ0v) is 27.2. The predicted molar refractivity (Wildman–Crippen MR) is 176 cm³/mol. The summed E-state index contributed by atoms with van der Waals surface area (Å²) in [6, 6.07) is 21.4. The minimum atomic E-state index is -0.788. The maximum atomic E-state index is 14.1. The van der Waals surface area contributed by atoms with Gasteiger partial charge in [-0.05, 0) is 82.2 Å². The van der Waals surface area contributed by atoms with Crippen LogP contribution in [-0.2, 0) is 16.1 Å². The van der Waals surface area contributed by atoms with Gasteiger partial charge in [0.1, 0.15) is 18.4 Å². The molecule has 0 bridgehead atoms. The van der Waals surface area contributed by atoms with Crippen molar-refractivity contribution < 1.29 is 23.7 Å². The molecule has 1 aliphatic heterocycles. The number of benzene rings is 3. The van der Waals surface area contributed by atoms with Crippen molar-refractivity contribution in [3.63, 3.8) is 0 Å². The fourth-order valence-electron chi connectivity index (χ4n) is 5.14. The SMILES string of the molecule is CCOC(=O)C1=C(C)N=c2s/c(=C\c3ccc(OCc4ccc(C#N)cc4)c(OCC)c3)c(=O)n2[C@H]1c1ccccc1OC(C)C. The number of fused-ring (bicyclic) bond motifs is 1. The molecule has 10 heteroatoms. The minimum absolute atomic E-state index is 0.122. The number of carbonyl (C=O) groups excluding carboxylic acids is 1. The average Bonchev–Trinajstić information content (AvgIpc) is 3.34. The van der Waals surface area contributed by atoms with Crippen molar-refractivity contribution in [2.75, 3.05) is 13.2 Å². The Morgan fingerprint density at radius 1 is 1.02 bits per heavy atom. The van der Waals surface area contributed by atoms with Gasteiger partial charge >= 0.3 is 5.97 Å². The fraction of sp³-hybridized carbons (Fsp3) is 0.278. The van der Waals surface area contributed by atoms with Crippen LogP contribution in [0.5, 0.6) is 17.2 Å². The first-order valence-corrected chi connectivity index (χ1v) is 15.9. The Bertz CT molecular complexity index is 2000. The number of allylic oxidation sites excluding steroid dienone is 1. The van der Waals surface area contributed by atoms with Crippen molar-refractivity contribution in [2.45, 2.75) is 53.4 Å². The van der Waals surface area contributed by atoms with Gasteiger partial charge in [0.05, 0.1) is 46.8 Å². The molecule has 0 N–H and O–H groups in total. The molecule has 1 atom stereocenters. The van der Waals surface area contributed by atoms with Gasteiger partial charge in [-0.1, -0.05) is 47.7 Å². The van der Waals surface area contributed by atoms with Crippen LogP contribution in [0.2, 0.25) is 0 Å². The Balaban J connectivity index is 1.56. The number of hydrogen-bond donors (Lipinski definition) is 0. The summed E-state index contributed by atoms with van der Waals surface area (Å²) < 4.78 is 25.5. The number of para-hydroxylation sites is 1. The van der Waals surface area contributed by atoms with Gasteiger partial charge in [0.15, 0.2) is 16.3 Å². The molecule has 0 fully saturated rings. The van der Waals surface area contributed by atoms with Crippen molar-refractivity contribution in [3.05, 3.63) is 120 Å². The van der Waals surface area contributed by atoms with E-state index in [1.807, 2.05) is 75.4 Å². The first-order valence-electron chi connectivity index (χ1n) is 15.1. The van der Waals surface area contributed by atoms with E-state index in [4.69, 9.17) is 24.2 Å². The number of carbonyl (C=O) groups is 1. The highest BCUT2D eigenvalue weighted by Gasteiger charge is 2.35. The van der Waals surface area contributed by atoms with E-state index in [-0.39, 0.29) is 18.3 Å². The third-order valence-electron chi connectivity index (χ3n) is 7.14. The molecule has 0 amide bonds. The fourth-order valence-corrected chi connectivity index (χ4v) is 6.19. The number of ether oxygens (including phenoxy) is 4. The third kappa shape index (κ3) is 6.90. The zero-order valence-electron chi connectivity index (χ0n) is 26.4. The van der Waals surface area contributed by atoms with Gasteiger partial charge in [0.2, 0.25) is 0 Å². The Labute approximate surface area is 271 Å². The average molecular weight is 638 g/mol. The summed E-state index contributed by atoms with van der Waals surface area (Å²) in [5.74, 6) is 1.14. The molecule has 0 saturated carbocycles. The molecule has 1 aromatic heterocycles. The Morgan fingerprint density at radius 2 is 1.78 bits per heavy atom. The van der Waals surface area contributed by atoms with E-state index in [1.165, 1.54) is 11.3 Å². The second-order valence-electron chi connectivity index (χ2n) is 10.7. The molecule has 2 heterocycles. The number of hydrogen-bond acceptors (Lipinski definition) is 9. The summed E-state index contributed by atoms with van der Waals surface area (Å²) in [4.78, 5) is 32.6. The van der Waals surface area contributed by atoms with E-state index >= 15 is 0 Å². The van der Waals surface area contributed by atoms with Crippen molar-refractivity contribution in [1.29, 1.82) is 5.26 Å². The van der Waals surface area contributed by atoms with E-state index in [1.54, 1.807) is 36.6 Å². The van der Waals surface area contributed by atoms with Gasteiger partial charge in [0, 0.05) is 5.56 Å². The lowest BCUT2D eigenvalue weighted by Crippen LogP contribution is -2.40. The van der Waals surface area contributed by atoms with Crippen LogP contribution in [0.3, 0.4) is 0 Å². The quantitative estimate of drug-likeness (QED) is 0.202. The Morgan fingerprint density at radius 3 is 2.48 bits per heavy atom. The van der Waals surface area contributed by atoms with Gasteiger partial charge in [-0.3, -0.25) is 9.36 Å². The number of thiazole rings is 1. The van der Waals surface area contributed by atoms with E-state index in [0.717, 1.165) is 11.1 Å². The number of rotatable bonds is 11. The summed E-state index contributed by atoms with van der Waals surface area (Å²) in [6.45, 7) is 10.2. The number of nitriles is 1. The highest BCUT2D eigenvalue weighted by Crippen LogP contribution is 2.36. The predicted octanol–water partition coefficient (Wildman–Crippen LogP) is 5.43. The molecule has 0 unspecified atom stereocenters. The monoisotopic (exact) mass is 637 g/mol. The van der Waals surface area contributed by atoms with Gasteiger partial charge in [-0.15, -0.1) is 0 Å². The molecule has 9 nitrogen and oxygen atoms in total. The normalized spacial score (nSPS) is 14.4. The largest absolute Gasteiger partial charge is 0.491 e. The highest BCUT2D eigenvalue weighted by molar-refractivity contribution is 7.07. The second-order valence-corrected chi connectivity index (χ2v) is 11.8. The van der Waals surface area contributed by atoms with Crippen LogP contribution in [0.1, 0.15) is 62.9 Å². The molecule has 5 rings (SSSR count). The van der Waals surface area contributed by atoms with E-state index in [2.05, 4.69) is 11.1 Å². The van der Waals surface area contributed by atoms with E-state index in [0.29, 0.717) is 62.2 Å². The lowest BCUT2D eigenvalue weighted by atomic mass is 9.95. The van der Waals surface area contributed by atoms with Gasteiger partial charge in [0.25, 0.3) is 5.56 Å². The zero-order chi connectivity index (χ0) is 32.8. The second kappa shape index (κ2) is 14.3. The van der Waals surface area contributed by atoms with Gasteiger partial charge < -0.3 is 18.9 Å². The molecular weight excluding hydrogens is 602 g/mol. The molecule has 0 aliphatic carbocycles. The van der Waals surface area contributed by atoms with Crippen LogP contribution in [0, 0.1) is 11.3 Å². The molecule has 0 radical (unpaired) electrons. The Hall–Kier alpha value is -5.14. The van der Waals surface area contributed by atoms with E-state index in [9.17, 15) is 9.59 Å². The molecule has 236 valence electrons. The number of esters is 1. The maximum Gasteiger partial charge on any atom is 0.338 e. The molecule has 0 spiro atoms. The van der Waals surface area contributed by atoms with Crippen LogP contribution in [0.15, 0.2) is 87.8 Å². The molecular formula is C36H35N3O6S. The summed E-state index contributed by atoms with van der Waals surface area (Å²) >= 11 is 1.25. The first kappa shape index (κ1) is 32.3. The number of aromatic nitrogens is 1. The standard InChI is InChI=1S/C36H35N3O6S/c1-6-42-30-18-26(16-17-29(30)44-21-25-14-12-24(20-37)13-15-25)19-31-34(40)39-33(27-10-8-9-11-28(27)45-22(3)4)32(35(41)43-7-2)23(5)38-36(39)46-31/h8-19,22,33H,6-7,21H2,1-5H3/b31-19-/t33-/m0/s1. The third-order valence-corrected chi connectivity index (χ3v) is 8.12. The van der Waals surface area contributed by atoms with Crippen LogP contribution < -0.4 is 29.1 Å². The minimum Gasteiger partial charge on any atom is -0.491 e. The first-order chi connectivity index (χ1) is 22.2. The van der Waals surface area contributed by atoms with Crippen molar-refractivity contribution in [2.24, 2.45) is 4.99 Å². The van der Waals surface area contributed by atoms with E-state index < -0.39 is 12.0 Å². The van der Waals surface area contributed by atoms with Crippen LogP contribution in [0.25, 0.3) is 6.08 Å². The van der Waals surface area contributed by atoms with Crippen LogP contribution in [0.4, 0.5) is 0 Å². The molecule has 1 aliphatic rings. The topological polar surface area (TPSA) is 112 Å². The summed E-state index contributed by atoms with van der Waals surface area (Å²) in [7, 11) is 0. The lowest BCUT2D eigenvalue weighted by Gasteiger charge is -2.26. The highest BCUT2D eigenvalue weighted by atomic mass is 32.1. The van der Waals surface area contributed by atoms with Crippen molar-refractivity contribution in [3.8, 4) is 23.3 Å². The smallest absolute Gasteiger partial charge is 0.338 e. The number of nitrogens with zero attached hydrogens (tertiary/aromatic N) is 3. The summed E-state index contributed by atoms with van der Waals surface area (Å²) in [6.07, 6.45) is 1.66. The molecule has 3 aromatic carbocycles. The van der Waals surface area contributed by atoms with Crippen molar-refractivity contribution >= 4 is 23.4 Å². The maximum absolute atomic E-state index is 14.1. The molecule has 0 saturated heterocycles. The van der Waals surface area contributed by atoms with Gasteiger partial charge in [-0.25, -0.2) is 9.79 Å². The summed E-state index contributed by atoms with van der Waals surface area (Å²) in [5.41, 5.74) is 3.39. The molecule has 46 heavy (non-hydrogen) atoms. The lowest BCUT2D eigenvalue weighted by molar-refractivity contribution is -0.139. The summed E-state index contributed by atoms with van der Waals surface area (Å²) in [5, 5.41) is 9.05. The Kier molecular flexibility index (Phi) is 10.0.